The van der Waals surface area contributed by atoms with E-state index in [2.05, 4.69) is 4.99 Å². The highest BCUT2D eigenvalue weighted by atomic mass is 16.3. The molecule has 62 valence electrons. The fourth-order valence-corrected chi connectivity index (χ4v) is 1.44. The fraction of sp³-hybridized carbons (Fsp3) is 0.300. The lowest BCUT2D eigenvalue weighted by Gasteiger charge is -2.15. The molecule has 0 radical (unpaired) electrons. The second kappa shape index (κ2) is 2.72. The Hall–Kier alpha value is -1.15. The largest absolute Gasteiger partial charge is 0.388 e. The van der Waals surface area contributed by atoms with Crippen molar-refractivity contribution in [1.29, 1.82) is 0 Å². The molecule has 0 unspecified atom stereocenters. The van der Waals surface area contributed by atoms with E-state index in [0.717, 1.165) is 11.3 Å². The third-order valence-corrected chi connectivity index (χ3v) is 2.10. The van der Waals surface area contributed by atoms with E-state index in [9.17, 15) is 5.11 Å². The van der Waals surface area contributed by atoms with Crippen LogP contribution in [0.1, 0.15) is 23.7 Å². The first-order valence-electron chi connectivity index (χ1n) is 4.08. The highest BCUT2D eigenvalue weighted by Crippen LogP contribution is 2.31. The second-order valence-corrected chi connectivity index (χ2v) is 3.13. The number of aryl methyl sites for hydroxylation is 1. The van der Waals surface area contributed by atoms with Crippen LogP contribution in [0.5, 0.6) is 0 Å². The van der Waals surface area contributed by atoms with Gasteiger partial charge in [0.1, 0.15) is 0 Å². The van der Waals surface area contributed by atoms with Gasteiger partial charge in [-0.1, -0.05) is 17.7 Å². The number of nitrogens with zero attached hydrogens (tertiary/aromatic N) is 1. The van der Waals surface area contributed by atoms with Crippen LogP contribution in [0.4, 0.5) is 5.69 Å². The quantitative estimate of drug-likeness (QED) is 0.621. The molecule has 12 heavy (non-hydrogen) atoms. The predicted octanol–water partition coefficient (Wildman–Crippen LogP) is 2.13. The lowest BCUT2D eigenvalue weighted by Crippen LogP contribution is -2.02. The number of hydrogen-bond acceptors (Lipinski definition) is 2. The van der Waals surface area contributed by atoms with E-state index < -0.39 is 0 Å². The van der Waals surface area contributed by atoms with E-state index in [-0.39, 0.29) is 6.10 Å². The third kappa shape index (κ3) is 1.14. The van der Waals surface area contributed by atoms with E-state index in [4.69, 9.17) is 0 Å². The van der Waals surface area contributed by atoms with Crippen molar-refractivity contribution < 1.29 is 5.11 Å². The lowest BCUT2D eigenvalue weighted by atomic mass is 10.0. The Morgan fingerprint density at radius 2 is 2.33 bits per heavy atom. The van der Waals surface area contributed by atoms with Crippen molar-refractivity contribution >= 4 is 11.9 Å². The molecule has 0 bridgehead atoms. The maximum Gasteiger partial charge on any atom is 0.0860 e. The van der Waals surface area contributed by atoms with Gasteiger partial charge in [-0.2, -0.15) is 0 Å². The van der Waals surface area contributed by atoms with Gasteiger partial charge in [-0.25, -0.2) is 0 Å². The standard InChI is InChI=1S/C10H11NO/c1-7-2-3-9-8(6-7)10(12)4-5-11-9/h2-3,5-6,10,12H,4H2,1H3/t10-/m1/s1. The minimum Gasteiger partial charge on any atom is -0.388 e. The van der Waals surface area contributed by atoms with Gasteiger partial charge in [-0.15, -0.1) is 0 Å². The molecule has 1 heterocycles. The zero-order valence-corrected chi connectivity index (χ0v) is 6.99. The van der Waals surface area contributed by atoms with Crippen LogP contribution in [0.25, 0.3) is 0 Å². The van der Waals surface area contributed by atoms with Crippen LogP contribution in [-0.4, -0.2) is 11.3 Å². The average molecular weight is 161 g/mol. The molecule has 2 rings (SSSR count). The highest BCUT2D eigenvalue weighted by Gasteiger charge is 2.14. The van der Waals surface area contributed by atoms with Gasteiger partial charge in [0.25, 0.3) is 0 Å². The first-order valence-corrected chi connectivity index (χ1v) is 4.08. The Morgan fingerprint density at radius 1 is 1.50 bits per heavy atom. The smallest absolute Gasteiger partial charge is 0.0860 e. The molecule has 0 aliphatic carbocycles. The Bertz CT molecular complexity index is 331. The Balaban J connectivity index is 2.56. The molecule has 1 aliphatic heterocycles. The SMILES string of the molecule is Cc1ccc2c(c1)[C@H](O)CC=N2. The van der Waals surface area contributed by atoms with Crippen molar-refractivity contribution in [2.24, 2.45) is 4.99 Å². The van der Waals surface area contributed by atoms with Gasteiger partial charge >= 0.3 is 0 Å². The van der Waals surface area contributed by atoms with Crippen molar-refractivity contribution in [3.8, 4) is 0 Å². The van der Waals surface area contributed by atoms with Crippen molar-refractivity contribution in [1.82, 2.24) is 0 Å². The van der Waals surface area contributed by atoms with E-state index in [1.54, 1.807) is 6.21 Å². The second-order valence-electron chi connectivity index (χ2n) is 3.13. The number of aliphatic hydroxyl groups excluding tert-OH is 1. The van der Waals surface area contributed by atoms with Crippen LogP contribution in [0.15, 0.2) is 23.2 Å². The maximum absolute atomic E-state index is 9.59. The zero-order valence-electron chi connectivity index (χ0n) is 6.99. The summed E-state index contributed by atoms with van der Waals surface area (Å²) in [5.41, 5.74) is 3.03. The molecule has 0 amide bonds. The molecule has 1 aromatic rings. The van der Waals surface area contributed by atoms with Crippen LogP contribution in [0, 0.1) is 6.92 Å². The van der Waals surface area contributed by atoms with Gasteiger partial charge in [0.15, 0.2) is 0 Å². The molecule has 1 N–H and O–H groups in total. The number of aliphatic imine (C=N–C) groups is 1. The number of benzene rings is 1. The predicted molar refractivity (Wildman–Crippen MR) is 48.9 cm³/mol. The molecule has 0 spiro atoms. The highest BCUT2D eigenvalue weighted by molar-refractivity contribution is 5.69. The van der Waals surface area contributed by atoms with Gasteiger partial charge in [-0.05, 0) is 13.0 Å². The van der Waals surface area contributed by atoms with Crippen molar-refractivity contribution in [3.05, 3.63) is 29.3 Å². The summed E-state index contributed by atoms with van der Waals surface area (Å²) in [6.07, 6.45) is 2.04. The number of aliphatic hydroxyl groups is 1. The first kappa shape index (κ1) is 7.50. The molecule has 1 aromatic carbocycles. The molecule has 2 nitrogen and oxygen atoms in total. The number of fused-ring (bicyclic) bond motifs is 1. The molecular weight excluding hydrogens is 150 g/mol. The molecule has 0 saturated carbocycles. The topological polar surface area (TPSA) is 32.6 Å². The van der Waals surface area contributed by atoms with Gasteiger partial charge in [0.2, 0.25) is 0 Å². The third-order valence-electron chi connectivity index (χ3n) is 2.10. The van der Waals surface area contributed by atoms with Gasteiger partial charge in [0, 0.05) is 18.2 Å². The first-order chi connectivity index (χ1) is 5.77. The van der Waals surface area contributed by atoms with Gasteiger partial charge in [-0.3, -0.25) is 4.99 Å². The van der Waals surface area contributed by atoms with Crippen molar-refractivity contribution in [3.63, 3.8) is 0 Å². The van der Waals surface area contributed by atoms with E-state index in [0.29, 0.717) is 6.42 Å². The monoisotopic (exact) mass is 161 g/mol. The van der Waals surface area contributed by atoms with Crippen LogP contribution < -0.4 is 0 Å². The van der Waals surface area contributed by atoms with Crippen LogP contribution in [-0.2, 0) is 0 Å². The fourth-order valence-electron chi connectivity index (χ4n) is 1.44. The average Bonchev–Trinajstić information content (AvgIpc) is 2.07. The van der Waals surface area contributed by atoms with Gasteiger partial charge in [0.05, 0.1) is 11.8 Å². The van der Waals surface area contributed by atoms with Crippen molar-refractivity contribution in [2.45, 2.75) is 19.4 Å². The Kier molecular flexibility index (Phi) is 1.70. The summed E-state index contributed by atoms with van der Waals surface area (Å²) in [7, 11) is 0. The van der Waals surface area contributed by atoms with Crippen molar-refractivity contribution in [2.75, 3.05) is 0 Å². The molecule has 1 aliphatic rings. The molecule has 0 saturated heterocycles. The molecule has 1 atom stereocenters. The zero-order chi connectivity index (χ0) is 8.55. The van der Waals surface area contributed by atoms with E-state index in [1.807, 2.05) is 25.1 Å². The normalized spacial score (nSPS) is 20.7. The number of rotatable bonds is 0. The number of hydrogen-bond donors (Lipinski definition) is 1. The van der Waals surface area contributed by atoms with Crippen LogP contribution >= 0.6 is 0 Å². The summed E-state index contributed by atoms with van der Waals surface area (Å²) >= 11 is 0. The lowest BCUT2D eigenvalue weighted by molar-refractivity contribution is 0.186. The van der Waals surface area contributed by atoms with E-state index >= 15 is 0 Å². The molecule has 0 fully saturated rings. The van der Waals surface area contributed by atoms with Crippen LogP contribution in [0.3, 0.4) is 0 Å². The summed E-state index contributed by atoms with van der Waals surface area (Å²) in [4.78, 5) is 4.20. The summed E-state index contributed by atoms with van der Waals surface area (Å²) in [5, 5.41) is 9.59. The summed E-state index contributed by atoms with van der Waals surface area (Å²) in [6, 6.07) is 5.95. The summed E-state index contributed by atoms with van der Waals surface area (Å²) in [5.74, 6) is 0. The van der Waals surface area contributed by atoms with Gasteiger partial charge < -0.3 is 5.11 Å². The van der Waals surface area contributed by atoms with Crippen LogP contribution in [0.2, 0.25) is 0 Å². The van der Waals surface area contributed by atoms with E-state index in [1.165, 1.54) is 5.56 Å². The molecule has 2 heteroatoms. The summed E-state index contributed by atoms with van der Waals surface area (Å²) < 4.78 is 0. The minimum absolute atomic E-state index is 0.364. The Morgan fingerprint density at radius 3 is 3.17 bits per heavy atom. The minimum atomic E-state index is -0.364. The molecule has 0 aromatic heterocycles. The molecular formula is C10H11NO. The Labute approximate surface area is 71.6 Å². The summed E-state index contributed by atoms with van der Waals surface area (Å²) in [6.45, 7) is 2.02. The maximum atomic E-state index is 9.59.